The van der Waals surface area contributed by atoms with Crippen molar-refractivity contribution < 1.29 is 14.2 Å². The summed E-state index contributed by atoms with van der Waals surface area (Å²) in [4.78, 5) is 0. The number of fused-ring (bicyclic) bond motifs is 1. The second-order valence-corrected chi connectivity index (χ2v) is 6.88. The van der Waals surface area contributed by atoms with Crippen LogP contribution in [0.25, 0.3) is 0 Å². The van der Waals surface area contributed by atoms with Crippen molar-refractivity contribution in [2.45, 2.75) is 57.7 Å². The summed E-state index contributed by atoms with van der Waals surface area (Å²) in [7, 11) is 0. The average Bonchev–Trinajstić information content (AvgIpc) is 2.29. The molecule has 0 bridgehead atoms. The minimum Gasteiger partial charge on any atom is -0.487 e. The molecule has 1 aliphatic heterocycles. The molecule has 3 rings (SSSR count). The van der Waals surface area contributed by atoms with Gasteiger partial charge in [-0.2, -0.15) is 0 Å². The fourth-order valence-corrected chi connectivity index (χ4v) is 3.81. The minimum absolute atomic E-state index is 0.246. The zero-order valence-corrected chi connectivity index (χ0v) is 11.6. The number of aliphatic hydroxyl groups excluding tert-OH is 1. The normalized spacial score (nSPS) is 32.7. The van der Waals surface area contributed by atoms with Crippen molar-refractivity contribution in [1.82, 2.24) is 0 Å². The molecule has 1 heterocycles. The van der Waals surface area contributed by atoms with Gasteiger partial charge in [0, 0.05) is 12.0 Å². The Kier molecular flexibility index (Phi) is 2.86. The number of ether oxygens (including phenoxy) is 1. The number of hydrogen-bond donors (Lipinski definition) is 1. The fraction of sp³-hybridized carbons (Fsp3) is 0.625. The van der Waals surface area contributed by atoms with E-state index in [1.54, 1.807) is 6.07 Å². The summed E-state index contributed by atoms with van der Waals surface area (Å²) in [6.07, 6.45) is 4.21. The molecule has 1 saturated carbocycles. The number of halogens is 1. The molecule has 2 aliphatic rings. The molecule has 1 aliphatic carbocycles. The Morgan fingerprint density at radius 1 is 1.32 bits per heavy atom. The molecule has 3 heteroatoms. The van der Waals surface area contributed by atoms with Crippen molar-refractivity contribution in [3.63, 3.8) is 0 Å². The van der Waals surface area contributed by atoms with Gasteiger partial charge in [0.25, 0.3) is 0 Å². The van der Waals surface area contributed by atoms with Gasteiger partial charge in [0.15, 0.2) is 0 Å². The molecule has 104 valence electrons. The lowest BCUT2D eigenvalue weighted by molar-refractivity contribution is -0.0678. The lowest BCUT2D eigenvalue weighted by Crippen LogP contribution is -2.47. The quantitative estimate of drug-likeness (QED) is 0.768. The maximum atomic E-state index is 13.3. The van der Waals surface area contributed by atoms with E-state index in [2.05, 4.69) is 13.8 Å². The number of aliphatic hydroxyl groups is 1. The Bertz CT molecular complexity index is 498. The van der Waals surface area contributed by atoms with Crippen LogP contribution in [-0.2, 0) is 0 Å². The summed E-state index contributed by atoms with van der Waals surface area (Å²) in [5.74, 6) is 0.333. The molecule has 1 unspecified atom stereocenters. The zero-order chi connectivity index (χ0) is 13.7. The van der Waals surface area contributed by atoms with Crippen molar-refractivity contribution >= 4 is 0 Å². The first kappa shape index (κ1) is 12.9. The fourth-order valence-electron chi connectivity index (χ4n) is 3.81. The van der Waals surface area contributed by atoms with Gasteiger partial charge in [-0.15, -0.1) is 0 Å². The third-order valence-corrected chi connectivity index (χ3v) is 4.51. The van der Waals surface area contributed by atoms with Gasteiger partial charge in [0.05, 0.1) is 6.10 Å². The van der Waals surface area contributed by atoms with E-state index >= 15 is 0 Å². The van der Waals surface area contributed by atoms with Gasteiger partial charge in [-0.1, -0.05) is 13.8 Å². The largest absolute Gasteiger partial charge is 0.487 e. The average molecular weight is 264 g/mol. The molecule has 0 radical (unpaired) electrons. The van der Waals surface area contributed by atoms with E-state index in [1.807, 2.05) is 0 Å². The summed E-state index contributed by atoms with van der Waals surface area (Å²) in [6.45, 7) is 4.51. The maximum absolute atomic E-state index is 13.3. The van der Waals surface area contributed by atoms with Gasteiger partial charge >= 0.3 is 0 Å². The second-order valence-electron chi connectivity index (χ2n) is 6.88. The van der Waals surface area contributed by atoms with E-state index in [9.17, 15) is 9.50 Å². The molecule has 1 N–H and O–H groups in total. The van der Waals surface area contributed by atoms with E-state index in [4.69, 9.17) is 4.74 Å². The van der Waals surface area contributed by atoms with Crippen LogP contribution in [-0.4, -0.2) is 10.7 Å². The van der Waals surface area contributed by atoms with E-state index in [1.165, 1.54) is 18.6 Å². The third kappa shape index (κ3) is 2.36. The molecule has 2 nitrogen and oxygen atoms in total. The van der Waals surface area contributed by atoms with Crippen LogP contribution in [0.2, 0.25) is 0 Å². The highest BCUT2D eigenvalue weighted by Crippen LogP contribution is 2.50. The first-order valence-corrected chi connectivity index (χ1v) is 7.06. The molecule has 1 fully saturated rings. The topological polar surface area (TPSA) is 29.5 Å². The minimum atomic E-state index is -0.617. The molecule has 2 atom stereocenters. The van der Waals surface area contributed by atoms with Crippen LogP contribution in [0.3, 0.4) is 0 Å². The summed E-state index contributed by atoms with van der Waals surface area (Å²) in [6, 6.07) is 4.44. The van der Waals surface area contributed by atoms with Gasteiger partial charge in [0.2, 0.25) is 0 Å². The Labute approximate surface area is 113 Å². The van der Waals surface area contributed by atoms with Crippen molar-refractivity contribution in [2.75, 3.05) is 0 Å². The Morgan fingerprint density at radius 2 is 2.11 bits per heavy atom. The molecule has 1 aromatic rings. The standard InChI is InChI=1S/C16H21FO2/c1-15(2)6-3-7-16(10-15)9-13(18)12-8-11(17)4-5-14(12)19-16/h4-5,8,13,18H,3,6-7,9-10H2,1-2H3/t13-,16?/m1/s1. The lowest BCUT2D eigenvalue weighted by atomic mass is 9.67. The van der Waals surface area contributed by atoms with Gasteiger partial charge in [-0.25, -0.2) is 4.39 Å². The SMILES string of the molecule is CC1(C)CCCC2(C[C@@H](O)c3cc(F)ccc3O2)C1. The Morgan fingerprint density at radius 3 is 2.84 bits per heavy atom. The van der Waals surface area contributed by atoms with E-state index in [-0.39, 0.29) is 16.8 Å². The van der Waals surface area contributed by atoms with Crippen LogP contribution in [0.5, 0.6) is 5.75 Å². The highest BCUT2D eigenvalue weighted by molar-refractivity contribution is 5.38. The van der Waals surface area contributed by atoms with Crippen LogP contribution in [0.4, 0.5) is 4.39 Å². The number of benzene rings is 1. The van der Waals surface area contributed by atoms with E-state index < -0.39 is 6.10 Å². The second kappa shape index (κ2) is 4.20. The first-order chi connectivity index (χ1) is 8.89. The van der Waals surface area contributed by atoms with Crippen LogP contribution in [0.15, 0.2) is 18.2 Å². The van der Waals surface area contributed by atoms with Gasteiger partial charge in [-0.3, -0.25) is 0 Å². The van der Waals surface area contributed by atoms with Crippen LogP contribution in [0, 0.1) is 11.2 Å². The van der Waals surface area contributed by atoms with Crippen molar-refractivity contribution in [3.8, 4) is 5.75 Å². The molecular formula is C16H21FO2. The molecule has 0 aromatic heterocycles. The van der Waals surface area contributed by atoms with Gasteiger partial charge in [0.1, 0.15) is 17.2 Å². The molecule has 1 aromatic carbocycles. The highest BCUT2D eigenvalue weighted by atomic mass is 19.1. The predicted octanol–water partition coefficient (Wildman–Crippen LogP) is 3.98. The van der Waals surface area contributed by atoms with Crippen molar-refractivity contribution in [1.29, 1.82) is 0 Å². The zero-order valence-electron chi connectivity index (χ0n) is 11.6. The summed E-state index contributed by atoms with van der Waals surface area (Å²) < 4.78 is 19.5. The van der Waals surface area contributed by atoms with Crippen molar-refractivity contribution in [3.05, 3.63) is 29.6 Å². The molecule has 1 spiro atoms. The number of hydrogen-bond acceptors (Lipinski definition) is 2. The molecule has 0 amide bonds. The summed E-state index contributed by atoms with van der Waals surface area (Å²) >= 11 is 0. The first-order valence-electron chi connectivity index (χ1n) is 7.06. The van der Waals surface area contributed by atoms with Gasteiger partial charge < -0.3 is 9.84 Å². The van der Waals surface area contributed by atoms with E-state index in [0.29, 0.717) is 17.7 Å². The lowest BCUT2D eigenvalue weighted by Gasteiger charge is -2.48. The predicted molar refractivity (Wildman–Crippen MR) is 71.6 cm³/mol. The summed E-state index contributed by atoms with van der Waals surface area (Å²) in [5, 5.41) is 10.3. The Hall–Kier alpha value is -1.09. The molecular weight excluding hydrogens is 243 g/mol. The molecule has 0 saturated heterocycles. The summed E-state index contributed by atoms with van der Waals surface area (Å²) in [5.41, 5.74) is 0.565. The molecule has 19 heavy (non-hydrogen) atoms. The highest BCUT2D eigenvalue weighted by Gasteiger charge is 2.46. The van der Waals surface area contributed by atoms with Crippen LogP contribution >= 0.6 is 0 Å². The maximum Gasteiger partial charge on any atom is 0.126 e. The van der Waals surface area contributed by atoms with E-state index in [0.717, 1.165) is 19.3 Å². The van der Waals surface area contributed by atoms with Gasteiger partial charge in [-0.05, 0) is 49.3 Å². The number of rotatable bonds is 0. The third-order valence-electron chi connectivity index (χ3n) is 4.51. The van der Waals surface area contributed by atoms with Crippen LogP contribution in [0.1, 0.15) is 57.6 Å². The van der Waals surface area contributed by atoms with Crippen LogP contribution < -0.4 is 4.74 Å². The monoisotopic (exact) mass is 264 g/mol. The smallest absolute Gasteiger partial charge is 0.126 e. The Balaban J connectivity index is 1.94. The van der Waals surface area contributed by atoms with Crippen molar-refractivity contribution in [2.24, 2.45) is 5.41 Å².